The first-order valence-electron chi connectivity index (χ1n) is 6.30. The average Bonchev–Trinajstić information content (AvgIpc) is 2.36. The summed E-state index contributed by atoms with van der Waals surface area (Å²) in [4.78, 5) is 12.2. The lowest BCUT2D eigenvalue weighted by Gasteiger charge is -2.35. The van der Waals surface area contributed by atoms with E-state index in [9.17, 15) is 9.90 Å². The van der Waals surface area contributed by atoms with E-state index in [2.05, 4.69) is 10.6 Å². The van der Waals surface area contributed by atoms with Gasteiger partial charge in [0.1, 0.15) is 0 Å². The van der Waals surface area contributed by atoms with Crippen molar-refractivity contribution in [2.24, 2.45) is 5.41 Å². The third-order valence-electron chi connectivity index (χ3n) is 3.43. The van der Waals surface area contributed by atoms with Gasteiger partial charge in [0.25, 0.3) is 0 Å². The molecule has 100 valence electrons. The van der Waals surface area contributed by atoms with Gasteiger partial charge >= 0.3 is 0 Å². The molecule has 5 nitrogen and oxygen atoms in total. The second kappa shape index (κ2) is 6.93. The number of nitrogens with one attached hydrogen (secondary N) is 2. The third kappa shape index (κ3) is 3.94. The molecule has 0 aliphatic carbocycles. The Morgan fingerprint density at radius 1 is 1.53 bits per heavy atom. The molecule has 0 saturated carbocycles. The first-order chi connectivity index (χ1) is 8.14. The average molecular weight is 244 g/mol. The molecule has 1 amide bonds. The molecule has 0 aromatic carbocycles. The summed E-state index contributed by atoms with van der Waals surface area (Å²) < 4.78 is 5.19. The quantitative estimate of drug-likeness (QED) is 0.610. The van der Waals surface area contributed by atoms with Gasteiger partial charge in [0.15, 0.2) is 0 Å². The van der Waals surface area contributed by atoms with E-state index >= 15 is 0 Å². The van der Waals surface area contributed by atoms with Crippen molar-refractivity contribution in [3.63, 3.8) is 0 Å². The highest BCUT2D eigenvalue weighted by Gasteiger charge is 2.39. The van der Waals surface area contributed by atoms with Gasteiger partial charge in [-0.05, 0) is 32.4 Å². The Labute approximate surface area is 103 Å². The predicted molar refractivity (Wildman–Crippen MR) is 65.7 cm³/mol. The summed E-state index contributed by atoms with van der Waals surface area (Å²) in [5, 5.41) is 15.5. The number of hydrogen-bond acceptors (Lipinski definition) is 4. The van der Waals surface area contributed by atoms with Gasteiger partial charge in [-0.1, -0.05) is 6.92 Å². The summed E-state index contributed by atoms with van der Waals surface area (Å²) in [6.07, 6.45) is 1.77. The fraction of sp³-hybridized carbons (Fsp3) is 0.917. The van der Waals surface area contributed by atoms with Crippen LogP contribution in [0.15, 0.2) is 0 Å². The molecule has 5 heteroatoms. The molecule has 1 heterocycles. The maximum atomic E-state index is 12.2. The lowest BCUT2D eigenvalue weighted by molar-refractivity contribution is -0.136. The number of amides is 1. The van der Waals surface area contributed by atoms with Crippen LogP contribution in [-0.4, -0.2) is 50.5 Å². The molecule has 1 aliphatic rings. The minimum absolute atomic E-state index is 0.00773. The zero-order valence-electron chi connectivity index (χ0n) is 10.8. The van der Waals surface area contributed by atoms with Crippen LogP contribution < -0.4 is 10.6 Å². The molecule has 0 spiro atoms. The Hall–Kier alpha value is -0.650. The van der Waals surface area contributed by atoms with Crippen molar-refractivity contribution in [1.29, 1.82) is 0 Å². The number of rotatable bonds is 6. The number of carbonyl (C=O) groups is 1. The van der Waals surface area contributed by atoms with Crippen molar-refractivity contribution in [1.82, 2.24) is 10.6 Å². The van der Waals surface area contributed by atoms with Crippen molar-refractivity contribution < 1.29 is 14.6 Å². The van der Waals surface area contributed by atoms with E-state index in [0.717, 1.165) is 25.9 Å². The van der Waals surface area contributed by atoms with Gasteiger partial charge in [-0.3, -0.25) is 4.79 Å². The van der Waals surface area contributed by atoms with Crippen LogP contribution in [0.1, 0.15) is 26.2 Å². The molecule has 1 unspecified atom stereocenters. The van der Waals surface area contributed by atoms with Gasteiger partial charge in [-0.2, -0.15) is 0 Å². The van der Waals surface area contributed by atoms with Crippen LogP contribution >= 0.6 is 0 Å². The molecule has 1 fully saturated rings. The van der Waals surface area contributed by atoms with Gasteiger partial charge in [0.2, 0.25) is 5.91 Å². The molecule has 3 N–H and O–H groups in total. The second-order valence-corrected chi connectivity index (χ2v) is 4.74. The summed E-state index contributed by atoms with van der Waals surface area (Å²) in [6, 6.07) is 0. The van der Waals surface area contributed by atoms with E-state index < -0.39 is 11.5 Å². The number of aliphatic hydroxyl groups is 1. The van der Waals surface area contributed by atoms with E-state index in [4.69, 9.17) is 4.74 Å². The monoisotopic (exact) mass is 244 g/mol. The van der Waals surface area contributed by atoms with Gasteiger partial charge in [-0.15, -0.1) is 0 Å². The summed E-state index contributed by atoms with van der Waals surface area (Å²) in [7, 11) is 1.62. The number of aliphatic hydroxyl groups excluding tert-OH is 1. The first-order valence-corrected chi connectivity index (χ1v) is 6.30. The Morgan fingerprint density at radius 2 is 2.18 bits per heavy atom. The van der Waals surface area contributed by atoms with Crippen LogP contribution in [0.2, 0.25) is 0 Å². The molecule has 1 rings (SSSR count). The topological polar surface area (TPSA) is 70.6 Å². The van der Waals surface area contributed by atoms with Crippen molar-refractivity contribution in [2.75, 3.05) is 33.4 Å². The maximum absolute atomic E-state index is 12.2. The molecule has 1 saturated heterocycles. The molecule has 0 aromatic heterocycles. The van der Waals surface area contributed by atoms with E-state index in [1.165, 1.54) is 0 Å². The van der Waals surface area contributed by atoms with Crippen LogP contribution in [0.5, 0.6) is 0 Å². The highest BCUT2D eigenvalue weighted by atomic mass is 16.5. The van der Waals surface area contributed by atoms with Gasteiger partial charge in [0, 0.05) is 13.7 Å². The fourth-order valence-electron chi connectivity index (χ4n) is 2.16. The SMILES string of the molecule is CCC(O)CNC(=O)C1(COC)CCNCC1. The minimum atomic E-state index is -0.458. The van der Waals surface area contributed by atoms with Crippen molar-refractivity contribution >= 4 is 5.91 Å². The zero-order chi connectivity index (χ0) is 12.7. The number of methoxy groups -OCH3 is 1. The summed E-state index contributed by atoms with van der Waals surface area (Å²) in [5.41, 5.74) is -0.423. The van der Waals surface area contributed by atoms with Crippen LogP contribution in [0.4, 0.5) is 0 Å². The van der Waals surface area contributed by atoms with Crippen molar-refractivity contribution in [2.45, 2.75) is 32.3 Å². The lowest BCUT2D eigenvalue weighted by atomic mass is 9.78. The molecule has 0 aromatic rings. The number of piperidine rings is 1. The van der Waals surface area contributed by atoms with E-state index in [1.54, 1.807) is 7.11 Å². The lowest BCUT2D eigenvalue weighted by Crippen LogP contribution is -2.51. The molecule has 0 radical (unpaired) electrons. The van der Waals surface area contributed by atoms with Crippen LogP contribution in [0.3, 0.4) is 0 Å². The number of carbonyl (C=O) groups excluding carboxylic acids is 1. The summed E-state index contributed by atoms with van der Waals surface area (Å²) in [5.74, 6) is 0.00773. The van der Waals surface area contributed by atoms with E-state index in [-0.39, 0.29) is 5.91 Å². The van der Waals surface area contributed by atoms with Crippen LogP contribution in [0, 0.1) is 5.41 Å². The standard InChI is InChI=1S/C12H24N2O3/c1-3-10(15)8-14-11(16)12(9-17-2)4-6-13-7-5-12/h10,13,15H,3-9H2,1-2H3,(H,14,16). The van der Waals surface area contributed by atoms with Crippen molar-refractivity contribution in [3.05, 3.63) is 0 Å². The van der Waals surface area contributed by atoms with Gasteiger partial charge < -0.3 is 20.5 Å². The predicted octanol–water partition coefficient (Wildman–Crippen LogP) is -0.110. The van der Waals surface area contributed by atoms with Crippen LogP contribution in [0.25, 0.3) is 0 Å². The Balaban J connectivity index is 2.53. The Morgan fingerprint density at radius 3 is 2.71 bits per heavy atom. The van der Waals surface area contributed by atoms with Crippen molar-refractivity contribution in [3.8, 4) is 0 Å². The van der Waals surface area contributed by atoms with Crippen LogP contribution in [-0.2, 0) is 9.53 Å². The summed E-state index contributed by atoms with van der Waals surface area (Å²) >= 11 is 0. The van der Waals surface area contributed by atoms with E-state index in [1.807, 2.05) is 6.92 Å². The Kier molecular flexibility index (Phi) is 5.88. The number of hydrogen-bond donors (Lipinski definition) is 3. The Bertz CT molecular complexity index is 234. The van der Waals surface area contributed by atoms with E-state index in [0.29, 0.717) is 19.6 Å². The molecule has 1 aliphatic heterocycles. The van der Waals surface area contributed by atoms with Gasteiger partial charge in [0.05, 0.1) is 18.1 Å². The van der Waals surface area contributed by atoms with Gasteiger partial charge in [-0.25, -0.2) is 0 Å². The molecule has 0 bridgehead atoms. The number of ether oxygens (including phenoxy) is 1. The highest BCUT2D eigenvalue weighted by molar-refractivity contribution is 5.83. The third-order valence-corrected chi connectivity index (χ3v) is 3.43. The largest absolute Gasteiger partial charge is 0.391 e. The minimum Gasteiger partial charge on any atom is -0.391 e. The molecular weight excluding hydrogens is 220 g/mol. The zero-order valence-corrected chi connectivity index (χ0v) is 10.8. The highest BCUT2D eigenvalue weighted by Crippen LogP contribution is 2.29. The summed E-state index contributed by atoms with van der Waals surface area (Å²) in [6.45, 7) is 4.35. The fourth-order valence-corrected chi connectivity index (χ4v) is 2.16. The smallest absolute Gasteiger partial charge is 0.228 e. The second-order valence-electron chi connectivity index (χ2n) is 4.74. The molecule has 1 atom stereocenters. The maximum Gasteiger partial charge on any atom is 0.228 e. The normalized spacial score (nSPS) is 20.9. The molecule has 17 heavy (non-hydrogen) atoms. The first kappa shape index (κ1) is 14.4. The molecular formula is C12H24N2O3.